The summed E-state index contributed by atoms with van der Waals surface area (Å²) in [6.45, 7) is 6.49. The molecule has 154 valence electrons. The second-order valence-electron chi connectivity index (χ2n) is 10.8. The molecule has 4 aliphatic rings. The van der Waals surface area contributed by atoms with Gasteiger partial charge < -0.3 is 10.1 Å². The van der Waals surface area contributed by atoms with Gasteiger partial charge in [0.05, 0.1) is 0 Å². The normalized spacial score (nSPS) is 35.1. The molecule has 4 fully saturated rings. The Labute approximate surface area is 180 Å². The van der Waals surface area contributed by atoms with Crippen LogP contribution in [0.25, 0.3) is 0 Å². The highest BCUT2D eigenvalue weighted by Crippen LogP contribution is 2.66. The summed E-state index contributed by atoms with van der Waals surface area (Å²) in [5.41, 5.74) is 3.72. The molecule has 0 radical (unpaired) electrons. The van der Waals surface area contributed by atoms with E-state index in [1.807, 2.05) is 18.2 Å². The number of para-hydroxylation sites is 1. The summed E-state index contributed by atoms with van der Waals surface area (Å²) < 4.78 is 6.19. The number of ether oxygens (including phenoxy) is 1. The number of rotatable bonds is 6. The van der Waals surface area contributed by atoms with E-state index in [0.717, 1.165) is 28.8 Å². The fourth-order valence-corrected chi connectivity index (χ4v) is 7.72. The van der Waals surface area contributed by atoms with E-state index < -0.39 is 0 Å². The molecule has 4 atom stereocenters. The van der Waals surface area contributed by atoms with Crippen LogP contribution in [-0.2, 0) is 13.2 Å². The van der Waals surface area contributed by atoms with Gasteiger partial charge in [0.1, 0.15) is 12.4 Å². The Morgan fingerprint density at radius 2 is 1.72 bits per heavy atom. The predicted molar refractivity (Wildman–Crippen MR) is 119 cm³/mol. The highest BCUT2D eigenvalue weighted by Gasteiger charge is 2.59. The topological polar surface area (TPSA) is 21.3 Å². The first kappa shape index (κ1) is 19.5. The molecule has 29 heavy (non-hydrogen) atoms. The number of benzene rings is 2. The molecule has 1 N–H and O–H groups in total. The van der Waals surface area contributed by atoms with Crippen LogP contribution in [0.1, 0.15) is 63.5 Å². The molecular weight excluding hydrogens is 378 g/mol. The van der Waals surface area contributed by atoms with Gasteiger partial charge in [-0.1, -0.05) is 55.8 Å². The Balaban J connectivity index is 1.29. The summed E-state index contributed by atoms with van der Waals surface area (Å²) in [6.07, 6.45) is 8.30. The molecule has 2 nitrogen and oxygen atoms in total. The van der Waals surface area contributed by atoms with Gasteiger partial charge in [-0.3, -0.25) is 0 Å². The van der Waals surface area contributed by atoms with Crippen molar-refractivity contribution in [3.05, 3.63) is 64.7 Å². The van der Waals surface area contributed by atoms with Gasteiger partial charge in [0.15, 0.2) is 0 Å². The van der Waals surface area contributed by atoms with Crippen LogP contribution < -0.4 is 10.1 Å². The van der Waals surface area contributed by atoms with Crippen LogP contribution >= 0.6 is 11.6 Å². The minimum Gasteiger partial charge on any atom is -0.489 e. The third kappa shape index (κ3) is 3.94. The van der Waals surface area contributed by atoms with Crippen LogP contribution in [-0.4, -0.2) is 5.54 Å². The highest BCUT2D eigenvalue weighted by molar-refractivity contribution is 6.30. The van der Waals surface area contributed by atoms with Crippen molar-refractivity contribution in [1.82, 2.24) is 5.32 Å². The van der Waals surface area contributed by atoms with Crippen LogP contribution in [0.2, 0.25) is 5.02 Å². The molecule has 0 aliphatic heterocycles. The number of nitrogens with one attached hydrogen (secondary N) is 1. The maximum Gasteiger partial charge on any atom is 0.124 e. The Kier molecular flexibility index (Phi) is 4.71. The monoisotopic (exact) mass is 409 g/mol. The van der Waals surface area contributed by atoms with Gasteiger partial charge in [-0.05, 0) is 79.0 Å². The summed E-state index contributed by atoms with van der Waals surface area (Å²) >= 11 is 6.11. The molecule has 2 aromatic carbocycles. The van der Waals surface area contributed by atoms with E-state index in [9.17, 15) is 0 Å². The first-order valence-electron chi connectivity index (χ1n) is 11.0. The molecule has 2 unspecified atom stereocenters. The van der Waals surface area contributed by atoms with Gasteiger partial charge in [-0.25, -0.2) is 0 Å². The highest BCUT2D eigenvalue weighted by atomic mass is 35.5. The van der Waals surface area contributed by atoms with E-state index in [1.54, 1.807) is 0 Å². The van der Waals surface area contributed by atoms with Crippen LogP contribution in [0, 0.1) is 16.7 Å². The molecule has 3 heteroatoms. The number of hydrogen-bond donors (Lipinski definition) is 1. The van der Waals surface area contributed by atoms with E-state index in [2.05, 4.69) is 49.5 Å². The first-order valence-corrected chi connectivity index (χ1v) is 11.4. The van der Waals surface area contributed by atoms with Gasteiger partial charge in [-0.2, -0.15) is 0 Å². The third-order valence-corrected chi connectivity index (χ3v) is 7.77. The Morgan fingerprint density at radius 1 is 0.966 bits per heavy atom. The molecule has 0 heterocycles. The van der Waals surface area contributed by atoms with Crippen molar-refractivity contribution in [3.63, 3.8) is 0 Å². The quantitative estimate of drug-likeness (QED) is 0.569. The minimum absolute atomic E-state index is 0.309. The fourth-order valence-electron chi connectivity index (χ4n) is 7.51. The number of hydrogen-bond acceptors (Lipinski definition) is 2. The second kappa shape index (κ2) is 7.03. The van der Waals surface area contributed by atoms with Crippen molar-refractivity contribution in [2.75, 3.05) is 0 Å². The summed E-state index contributed by atoms with van der Waals surface area (Å²) in [6, 6.07) is 16.4. The lowest BCUT2D eigenvalue weighted by atomic mass is 9.43. The largest absolute Gasteiger partial charge is 0.489 e. The van der Waals surface area contributed by atoms with E-state index in [1.165, 1.54) is 44.1 Å². The van der Waals surface area contributed by atoms with Crippen molar-refractivity contribution in [2.45, 2.75) is 71.1 Å². The smallest absolute Gasteiger partial charge is 0.124 e. The van der Waals surface area contributed by atoms with Gasteiger partial charge in [0.25, 0.3) is 0 Å². The molecular formula is C26H32ClNO. The zero-order valence-electron chi connectivity index (χ0n) is 17.6. The molecule has 4 aliphatic carbocycles. The van der Waals surface area contributed by atoms with Crippen molar-refractivity contribution >= 4 is 11.6 Å². The summed E-state index contributed by atoms with van der Waals surface area (Å²) in [5, 5.41) is 4.80. The fraction of sp³-hybridized carbons (Fsp3) is 0.538. The molecule has 6 rings (SSSR count). The van der Waals surface area contributed by atoms with Crippen LogP contribution in [0.15, 0.2) is 48.5 Å². The van der Waals surface area contributed by atoms with Gasteiger partial charge in [0.2, 0.25) is 0 Å². The molecule has 4 bridgehead atoms. The van der Waals surface area contributed by atoms with Crippen molar-refractivity contribution in [2.24, 2.45) is 16.7 Å². The first-order chi connectivity index (χ1) is 13.8. The van der Waals surface area contributed by atoms with Crippen molar-refractivity contribution in [1.29, 1.82) is 0 Å². The Hall–Kier alpha value is -1.51. The maximum atomic E-state index is 6.19. The predicted octanol–water partition coefficient (Wildman–Crippen LogP) is 6.76. The lowest BCUT2D eigenvalue weighted by molar-refractivity contribution is -0.118. The van der Waals surface area contributed by atoms with E-state index in [4.69, 9.17) is 16.3 Å². The third-order valence-electron chi connectivity index (χ3n) is 7.54. The average molecular weight is 410 g/mol. The Morgan fingerprint density at radius 3 is 2.45 bits per heavy atom. The summed E-state index contributed by atoms with van der Waals surface area (Å²) in [7, 11) is 0. The van der Waals surface area contributed by atoms with Crippen LogP contribution in [0.5, 0.6) is 5.75 Å². The maximum absolute atomic E-state index is 6.19. The van der Waals surface area contributed by atoms with Crippen LogP contribution in [0.3, 0.4) is 0 Å². The lowest BCUT2D eigenvalue weighted by Gasteiger charge is -2.65. The van der Waals surface area contributed by atoms with E-state index >= 15 is 0 Å². The van der Waals surface area contributed by atoms with Crippen molar-refractivity contribution in [3.8, 4) is 5.75 Å². The Bertz CT molecular complexity index is 891. The van der Waals surface area contributed by atoms with E-state index in [-0.39, 0.29) is 0 Å². The molecule has 2 aromatic rings. The minimum atomic E-state index is 0.309. The molecule has 4 saturated carbocycles. The molecule has 0 aromatic heterocycles. The van der Waals surface area contributed by atoms with Crippen LogP contribution in [0.4, 0.5) is 0 Å². The van der Waals surface area contributed by atoms with Crippen molar-refractivity contribution < 1.29 is 4.74 Å². The number of halogens is 1. The second-order valence-corrected chi connectivity index (χ2v) is 11.2. The molecule has 0 amide bonds. The average Bonchev–Trinajstić information content (AvgIpc) is 2.62. The van der Waals surface area contributed by atoms with E-state index in [0.29, 0.717) is 23.0 Å². The lowest BCUT2D eigenvalue weighted by Crippen LogP contribution is -2.63. The van der Waals surface area contributed by atoms with Gasteiger partial charge in [0, 0.05) is 22.7 Å². The van der Waals surface area contributed by atoms with Gasteiger partial charge in [-0.15, -0.1) is 0 Å². The zero-order valence-corrected chi connectivity index (χ0v) is 18.4. The SMILES string of the molecule is C[C@]12CC3CC(NCc4ccccc4OCc4cccc(Cl)c4)(C1)C[C@@](C)(C3)C2. The molecule has 0 saturated heterocycles. The van der Waals surface area contributed by atoms with Gasteiger partial charge >= 0.3 is 0 Å². The summed E-state index contributed by atoms with van der Waals surface area (Å²) in [5.74, 6) is 1.88. The molecule has 0 spiro atoms. The standard InChI is InChI=1S/C26H32ClNO/c1-24-11-20-12-25(2,16-24)18-26(13-20,17-24)28-14-21-7-3-4-9-23(21)29-15-19-6-5-8-22(27)10-19/h3-10,20,28H,11-18H2,1-2H3/t20?,24-,25+,26?. The summed E-state index contributed by atoms with van der Waals surface area (Å²) in [4.78, 5) is 0. The zero-order chi connectivity index (χ0) is 20.1.